The molecule has 1 aliphatic carbocycles. The number of benzene rings is 1. The van der Waals surface area contributed by atoms with Gasteiger partial charge in [0.05, 0.1) is 12.6 Å². The molecule has 1 unspecified atom stereocenters. The van der Waals surface area contributed by atoms with Crippen LogP contribution < -0.4 is 0 Å². The number of nitrogens with zero attached hydrogens (tertiary/aromatic N) is 3. The molecule has 3 rings (SSSR count). The standard InChI is InChI=1S/C16H20FN3O2/c1-2-15-18-19-16(22-15)10-20(13-7-8-13)9-14(21)11-3-5-12(17)6-4-11/h3-6,13-14,21H,2,7-10H2,1H3. The van der Waals surface area contributed by atoms with Crippen molar-refractivity contribution in [2.45, 2.75) is 44.9 Å². The van der Waals surface area contributed by atoms with Crippen molar-refractivity contribution in [3.63, 3.8) is 0 Å². The van der Waals surface area contributed by atoms with Crippen molar-refractivity contribution < 1.29 is 13.9 Å². The molecule has 1 aliphatic rings. The fourth-order valence-electron chi connectivity index (χ4n) is 2.46. The Labute approximate surface area is 128 Å². The molecule has 1 saturated carbocycles. The lowest BCUT2D eigenvalue weighted by Crippen LogP contribution is -2.30. The molecule has 118 valence electrons. The van der Waals surface area contributed by atoms with E-state index in [9.17, 15) is 9.50 Å². The van der Waals surface area contributed by atoms with Crippen LogP contribution in [-0.2, 0) is 13.0 Å². The predicted octanol–water partition coefficient (Wildman–Crippen LogP) is 2.47. The van der Waals surface area contributed by atoms with Crippen LogP contribution >= 0.6 is 0 Å². The second-order valence-electron chi connectivity index (χ2n) is 5.67. The molecule has 0 saturated heterocycles. The molecule has 2 aromatic rings. The summed E-state index contributed by atoms with van der Waals surface area (Å²) in [6, 6.07) is 6.42. The lowest BCUT2D eigenvalue weighted by molar-refractivity contribution is 0.0985. The van der Waals surface area contributed by atoms with Gasteiger partial charge in [0.2, 0.25) is 11.8 Å². The van der Waals surface area contributed by atoms with Crippen LogP contribution in [0.1, 0.15) is 43.2 Å². The zero-order chi connectivity index (χ0) is 15.5. The number of aromatic nitrogens is 2. The van der Waals surface area contributed by atoms with Crippen molar-refractivity contribution in [3.05, 3.63) is 47.4 Å². The second-order valence-corrected chi connectivity index (χ2v) is 5.67. The smallest absolute Gasteiger partial charge is 0.230 e. The SMILES string of the molecule is CCc1nnc(CN(CC(O)c2ccc(F)cc2)C2CC2)o1. The van der Waals surface area contributed by atoms with Crippen molar-refractivity contribution >= 4 is 0 Å². The van der Waals surface area contributed by atoms with Gasteiger partial charge in [-0.25, -0.2) is 4.39 Å². The molecular formula is C16H20FN3O2. The topological polar surface area (TPSA) is 62.4 Å². The molecule has 1 aromatic heterocycles. The first kappa shape index (κ1) is 15.1. The van der Waals surface area contributed by atoms with E-state index in [1.54, 1.807) is 12.1 Å². The Bertz CT molecular complexity index is 610. The van der Waals surface area contributed by atoms with Gasteiger partial charge in [0.25, 0.3) is 0 Å². The Morgan fingerprint density at radius 1 is 1.27 bits per heavy atom. The molecule has 5 nitrogen and oxygen atoms in total. The maximum Gasteiger partial charge on any atom is 0.230 e. The van der Waals surface area contributed by atoms with Crippen LogP contribution in [0.25, 0.3) is 0 Å². The van der Waals surface area contributed by atoms with E-state index in [0.717, 1.165) is 12.8 Å². The molecule has 0 amide bonds. The van der Waals surface area contributed by atoms with Crippen LogP contribution in [0.3, 0.4) is 0 Å². The number of rotatable bonds is 7. The Balaban J connectivity index is 1.65. The van der Waals surface area contributed by atoms with Gasteiger partial charge in [-0.15, -0.1) is 10.2 Å². The number of aliphatic hydroxyl groups excluding tert-OH is 1. The summed E-state index contributed by atoms with van der Waals surface area (Å²) < 4.78 is 18.5. The third-order valence-electron chi connectivity index (χ3n) is 3.87. The lowest BCUT2D eigenvalue weighted by Gasteiger charge is -2.23. The molecule has 1 fully saturated rings. The van der Waals surface area contributed by atoms with Crippen molar-refractivity contribution in [1.29, 1.82) is 0 Å². The van der Waals surface area contributed by atoms with Crippen molar-refractivity contribution in [1.82, 2.24) is 15.1 Å². The predicted molar refractivity (Wildman–Crippen MR) is 78.5 cm³/mol. The first-order valence-corrected chi connectivity index (χ1v) is 7.64. The van der Waals surface area contributed by atoms with Crippen LogP contribution in [0.4, 0.5) is 4.39 Å². The van der Waals surface area contributed by atoms with Crippen LogP contribution in [0, 0.1) is 5.82 Å². The summed E-state index contributed by atoms with van der Waals surface area (Å²) in [5.74, 6) is 0.910. The van der Waals surface area contributed by atoms with Crippen LogP contribution in [-0.4, -0.2) is 32.8 Å². The molecule has 6 heteroatoms. The molecule has 1 heterocycles. The zero-order valence-electron chi connectivity index (χ0n) is 12.6. The Morgan fingerprint density at radius 3 is 2.55 bits per heavy atom. The van der Waals surface area contributed by atoms with Crippen molar-refractivity contribution in [2.24, 2.45) is 0 Å². The number of halogens is 1. The van der Waals surface area contributed by atoms with E-state index >= 15 is 0 Å². The quantitative estimate of drug-likeness (QED) is 0.851. The highest BCUT2D eigenvalue weighted by molar-refractivity contribution is 5.18. The number of hydrogen-bond acceptors (Lipinski definition) is 5. The van der Waals surface area contributed by atoms with Gasteiger partial charge in [-0.05, 0) is 30.5 Å². The van der Waals surface area contributed by atoms with Gasteiger partial charge in [-0.3, -0.25) is 4.90 Å². The first-order valence-electron chi connectivity index (χ1n) is 7.64. The summed E-state index contributed by atoms with van der Waals surface area (Å²) in [6.07, 6.45) is 2.29. The highest BCUT2D eigenvalue weighted by atomic mass is 19.1. The van der Waals surface area contributed by atoms with Gasteiger partial charge >= 0.3 is 0 Å². The fraction of sp³-hybridized carbons (Fsp3) is 0.500. The molecule has 1 atom stereocenters. The van der Waals surface area contributed by atoms with Crippen LogP contribution in [0.5, 0.6) is 0 Å². The lowest BCUT2D eigenvalue weighted by atomic mass is 10.1. The molecule has 0 bridgehead atoms. The molecule has 0 spiro atoms. The van der Waals surface area contributed by atoms with Gasteiger partial charge in [0.15, 0.2) is 0 Å². The van der Waals surface area contributed by atoms with Crippen molar-refractivity contribution in [3.8, 4) is 0 Å². The van der Waals surface area contributed by atoms with Crippen molar-refractivity contribution in [2.75, 3.05) is 6.54 Å². The monoisotopic (exact) mass is 305 g/mol. The Kier molecular flexibility index (Phi) is 4.49. The number of hydrogen-bond donors (Lipinski definition) is 1. The minimum atomic E-state index is -0.658. The van der Waals surface area contributed by atoms with Crippen LogP contribution in [0.2, 0.25) is 0 Å². The number of aryl methyl sites for hydroxylation is 1. The summed E-state index contributed by atoms with van der Waals surface area (Å²) in [7, 11) is 0. The van der Waals surface area contributed by atoms with E-state index in [1.807, 2.05) is 6.92 Å². The Morgan fingerprint density at radius 2 is 1.95 bits per heavy atom. The minimum Gasteiger partial charge on any atom is -0.424 e. The normalized spacial score (nSPS) is 16.2. The van der Waals surface area contributed by atoms with E-state index < -0.39 is 6.10 Å². The highest BCUT2D eigenvalue weighted by Gasteiger charge is 2.31. The molecule has 0 radical (unpaired) electrons. The molecule has 1 N–H and O–H groups in total. The van der Waals surface area contributed by atoms with E-state index in [4.69, 9.17) is 4.42 Å². The molecule has 1 aromatic carbocycles. The van der Waals surface area contributed by atoms with Gasteiger partial charge < -0.3 is 9.52 Å². The summed E-state index contributed by atoms with van der Waals surface area (Å²) >= 11 is 0. The summed E-state index contributed by atoms with van der Waals surface area (Å²) in [5.41, 5.74) is 0.715. The van der Waals surface area contributed by atoms with E-state index in [2.05, 4.69) is 15.1 Å². The maximum absolute atomic E-state index is 13.0. The van der Waals surface area contributed by atoms with Gasteiger partial charge in [0, 0.05) is 19.0 Å². The minimum absolute atomic E-state index is 0.298. The fourth-order valence-corrected chi connectivity index (χ4v) is 2.46. The summed E-state index contributed by atoms with van der Waals surface area (Å²) in [6.45, 7) is 2.98. The average molecular weight is 305 g/mol. The van der Waals surface area contributed by atoms with Gasteiger partial charge in [0.1, 0.15) is 5.82 Å². The van der Waals surface area contributed by atoms with Gasteiger partial charge in [-0.2, -0.15) is 0 Å². The molecular weight excluding hydrogens is 285 g/mol. The Hall–Kier alpha value is -1.79. The van der Waals surface area contributed by atoms with Gasteiger partial charge in [-0.1, -0.05) is 19.1 Å². The third-order valence-corrected chi connectivity index (χ3v) is 3.87. The second kappa shape index (κ2) is 6.54. The van der Waals surface area contributed by atoms with E-state index in [-0.39, 0.29) is 5.82 Å². The van der Waals surface area contributed by atoms with Crippen LogP contribution in [0.15, 0.2) is 28.7 Å². The highest BCUT2D eigenvalue weighted by Crippen LogP contribution is 2.30. The number of aliphatic hydroxyl groups is 1. The largest absolute Gasteiger partial charge is 0.424 e. The maximum atomic E-state index is 13.0. The third kappa shape index (κ3) is 3.69. The molecule has 0 aliphatic heterocycles. The summed E-state index contributed by atoms with van der Waals surface area (Å²) in [5, 5.41) is 18.4. The molecule has 22 heavy (non-hydrogen) atoms. The first-order chi connectivity index (χ1) is 10.7. The van der Waals surface area contributed by atoms with E-state index in [0.29, 0.717) is 42.9 Å². The summed E-state index contributed by atoms with van der Waals surface area (Å²) in [4.78, 5) is 2.15. The van der Waals surface area contributed by atoms with E-state index in [1.165, 1.54) is 12.1 Å². The zero-order valence-corrected chi connectivity index (χ0v) is 12.6. The average Bonchev–Trinajstić information content (AvgIpc) is 3.27.